The third kappa shape index (κ3) is 4.09. The van der Waals surface area contributed by atoms with E-state index in [1.807, 2.05) is 41.2 Å². The number of anilines is 1. The maximum Gasteiger partial charge on any atom is 0.234 e. The van der Waals surface area contributed by atoms with Crippen molar-refractivity contribution in [2.45, 2.75) is 32.9 Å². The van der Waals surface area contributed by atoms with Crippen LogP contribution in [0.1, 0.15) is 22.3 Å². The van der Waals surface area contributed by atoms with Crippen LogP contribution in [-0.4, -0.2) is 35.9 Å². The van der Waals surface area contributed by atoms with Crippen molar-refractivity contribution in [3.05, 3.63) is 77.1 Å². The van der Waals surface area contributed by atoms with Crippen LogP contribution >= 0.6 is 11.8 Å². The van der Waals surface area contributed by atoms with Crippen molar-refractivity contribution in [1.82, 2.24) is 24.2 Å². The Bertz CT molecular complexity index is 1480. The number of hydrogen-bond acceptors (Lipinski definition) is 5. The topological polar surface area (TPSA) is 76.6 Å². The first kappa shape index (κ1) is 21.2. The number of thioether (sulfide) groups is 1. The van der Waals surface area contributed by atoms with Crippen LogP contribution in [0.15, 0.2) is 60.0 Å². The van der Waals surface area contributed by atoms with E-state index in [0.717, 1.165) is 33.6 Å². The monoisotopic (exact) mass is 456 g/mol. The van der Waals surface area contributed by atoms with Gasteiger partial charge >= 0.3 is 0 Å². The predicted molar refractivity (Wildman–Crippen MR) is 132 cm³/mol. The van der Waals surface area contributed by atoms with Crippen LogP contribution in [0.4, 0.5) is 5.69 Å². The molecule has 5 aromatic rings. The van der Waals surface area contributed by atoms with Gasteiger partial charge in [0.05, 0.1) is 11.4 Å². The molecule has 0 unspecified atom stereocenters. The molecule has 0 atom stereocenters. The maximum absolute atomic E-state index is 12.6. The first-order chi connectivity index (χ1) is 15.9. The van der Waals surface area contributed by atoms with Gasteiger partial charge in [-0.15, -0.1) is 10.2 Å². The number of nitrogens with one attached hydrogen (secondary N) is 1. The average molecular weight is 457 g/mol. The van der Waals surface area contributed by atoms with E-state index in [4.69, 9.17) is 0 Å². The Kier molecular flexibility index (Phi) is 5.38. The molecule has 7 nitrogen and oxygen atoms in total. The van der Waals surface area contributed by atoms with Gasteiger partial charge in [0.15, 0.2) is 10.8 Å². The molecule has 0 saturated heterocycles. The third-order valence-corrected chi connectivity index (χ3v) is 6.55. The molecule has 1 amide bonds. The molecule has 2 aromatic carbocycles. The maximum atomic E-state index is 12.6. The molecular weight excluding hydrogens is 432 g/mol. The van der Waals surface area contributed by atoms with Gasteiger partial charge in [0.1, 0.15) is 5.52 Å². The molecule has 0 fully saturated rings. The lowest BCUT2D eigenvalue weighted by molar-refractivity contribution is -0.113. The minimum atomic E-state index is -0.0705. The highest BCUT2D eigenvalue weighted by atomic mass is 32.2. The summed E-state index contributed by atoms with van der Waals surface area (Å²) in [6.45, 7) is 8.14. The largest absolute Gasteiger partial charge is 0.325 e. The Morgan fingerprint density at radius 2 is 1.67 bits per heavy atom. The normalized spacial score (nSPS) is 11.4. The summed E-state index contributed by atoms with van der Waals surface area (Å²) in [5.41, 5.74) is 8.89. The number of rotatable bonds is 5. The number of carbonyl (C=O) groups is 1. The van der Waals surface area contributed by atoms with Crippen molar-refractivity contribution in [2.75, 3.05) is 11.1 Å². The highest BCUT2D eigenvalue weighted by Crippen LogP contribution is 2.26. The Balaban J connectivity index is 1.36. The number of carbonyl (C=O) groups excluding carboxylic acids is 1. The summed E-state index contributed by atoms with van der Waals surface area (Å²) in [4.78, 5) is 12.6. The van der Waals surface area contributed by atoms with E-state index < -0.39 is 0 Å². The van der Waals surface area contributed by atoms with Crippen molar-refractivity contribution in [3.8, 4) is 11.3 Å². The highest BCUT2D eigenvalue weighted by molar-refractivity contribution is 7.99. The Morgan fingerprint density at radius 1 is 0.939 bits per heavy atom. The molecule has 0 radical (unpaired) electrons. The lowest BCUT2D eigenvalue weighted by atomic mass is 10.1. The Morgan fingerprint density at radius 3 is 2.39 bits per heavy atom. The molecular formula is C25H24N6OS. The number of benzene rings is 2. The molecule has 0 aliphatic heterocycles. The van der Waals surface area contributed by atoms with E-state index in [1.54, 1.807) is 0 Å². The lowest BCUT2D eigenvalue weighted by Crippen LogP contribution is -2.16. The second kappa shape index (κ2) is 8.37. The zero-order valence-corrected chi connectivity index (χ0v) is 19.8. The number of nitrogens with zero attached hydrogens (tertiary/aromatic N) is 5. The molecule has 0 saturated carbocycles. The van der Waals surface area contributed by atoms with Gasteiger partial charge in [-0.05, 0) is 44.9 Å². The van der Waals surface area contributed by atoms with Gasteiger partial charge in [-0.2, -0.15) is 5.10 Å². The quantitative estimate of drug-likeness (QED) is 0.376. The molecule has 0 aliphatic rings. The number of fused-ring (bicyclic) bond motifs is 3. The van der Waals surface area contributed by atoms with Crippen LogP contribution in [-0.2, 0) is 4.79 Å². The first-order valence-electron chi connectivity index (χ1n) is 10.7. The van der Waals surface area contributed by atoms with Crippen LogP contribution in [0.5, 0.6) is 0 Å². The van der Waals surface area contributed by atoms with Gasteiger partial charge in [-0.3, -0.25) is 9.20 Å². The number of aromatic nitrogens is 5. The summed E-state index contributed by atoms with van der Waals surface area (Å²) < 4.78 is 3.71. The molecule has 5 rings (SSSR count). The van der Waals surface area contributed by atoms with Gasteiger partial charge in [0.25, 0.3) is 0 Å². The Hall–Kier alpha value is -3.65. The summed E-state index contributed by atoms with van der Waals surface area (Å²) in [7, 11) is 0. The molecule has 0 bridgehead atoms. The zero-order valence-electron chi connectivity index (χ0n) is 19.0. The fourth-order valence-electron chi connectivity index (χ4n) is 4.04. The third-order valence-electron chi connectivity index (χ3n) is 5.61. The summed E-state index contributed by atoms with van der Waals surface area (Å²) in [6.07, 6.45) is 3.76. The number of amides is 1. The molecule has 0 aliphatic carbocycles. The number of hydrogen-bond donors (Lipinski definition) is 1. The van der Waals surface area contributed by atoms with Gasteiger partial charge in [0.2, 0.25) is 5.91 Å². The van der Waals surface area contributed by atoms with Crippen LogP contribution in [0.2, 0.25) is 0 Å². The molecule has 0 spiro atoms. The van der Waals surface area contributed by atoms with Crippen molar-refractivity contribution in [2.24, 2.45) is 0 Å². The van der Waals surface area contributed by atoms with E-state index in [1.165, 1.54) is 22.9 Å². The van der Waals surface area contributed by atoms with Gasteiger partial charge < -0.3 is 5.32 Å². The van der Waals surface area contributed by atoms with Crippen molar-refractivity contribution in [1.29, 1.82) is 0 Å². The standard InChI is InChI=1S/C25H24N6OS/c1-15-5-7-19(8-6-15)20-13-21-24-27-28-25(30(24)9-10-31(21)29-20)33-14-22(32)26-23-17(3)11-16(2)12-18(23)4/h5-13H,14H2,1-4H3,(H,26,32). The molecule has 33 heavy (non-hydrogen) atoms. The second-order valence-corrected chi connectivity index (χ2v) is 9.25. The summed E-state index contributed by atoms with van der Waals surface area (Å²) >= 11 is 1.36. The summed E-state index contributed by atoms with van der Waals surface area (Å²) in [5, 5.41) is 17.1. The SMILES string of the molecule is Cc1ccc(-c2cc3c4nnc(SCC(=O)Nc5c(C)cc(C)cc5C)n4ccn3n2)cc1. The zero-order chi connectivity index (χ0) is 23.1. The highest BCUT2D eigenvalue weighted by Gasteiger charge is 2.15. The van der Waals surface area contributed by atoms with E-state index in [0.29, 0.717) is 10.8 Å². The first-order valence-corrected chi connectivity index (χ1v) is 11.7. The van der Waals surface area contributed by atoms with Crippen LogP contribution in [0.3, 0.4) is 0 Å². The van der Waals surface area contributed by atoms with Gasteiger partial charge in [-0.25, -0.2) is 4.52 Å². The van der Waals surface area contributed by atoms with Crippen LogP contribution < -0.4 is 5.32 Å². The fraction of sp³-hybridized carbons (Fsp3) is 0.200. The van der Waals surface area contributed by atoms with E-state index >= 15 is 0 Å². The fourth-order valence-corrected chi connectivity index (χ4v) is 4.75. The minimum Gasteiger partial charge on any atom is -0.325 e. The van der Waals surface area contributed by atoms with Crippen LogP contribution in [0.25, 0.3) is 22.4 Å². The van der Waals surface area contributed by atoms with Gasteiger partial charge in [-0.1, -0.05) is 59.3 Å². The van der Waals surface area contributed by atoms with Crippen molar-refractivity contribution >= 4 is 34.5 Å². The van der Waals surface area contributed by atoms with E-state index in [9.17, 15) is 4.79 Å². The predicted octanol–water partition coefficient (Wildman–Crippen LogP) is 5.01. The van der Waals surface area contributed by atoms with Crippen molar-refractivity contribution in [3.63, 3.8) is 0 Å². The van der Waals surface area contributed by atoms with Gasteiger partial charge in [0, 0.05) is 23.6 Å². The second-order valence-electron chi connectivity index (χ2n) is 8.31. The van der Waals surface area contributed by atoms with Crippen molar-refractivity contribution < 1.29 is 4.79 Å². The molecule has 1 N–H and O–H groups in total. The Labute approximate surface area is 195 Å². The molecule has 3 aromatic heterocycles. The van der Waals surface area contributed by atoms with E-state index in [2.05, 4.69) is 70.9 Å². The lowest BCUT2D eigenvalue weighted by Gasteiger charge is -2.12. The molecule has 3 heterocycles. The molecule has 166 valence electrons. The molecule has 8 heteroatoms. The minimum absolute atomic E-state index is 0.0705. The average Bonchev–Trinajstić information content (AvgIpc) is 3.39. The van der Waals surface area contributed by atoms with E-state index in [-0.39, 0.29) is 11.7 Å². The van der Waals surface area contributed by atoms with Crippen LogP contribution in [0, 0.1) is 27.7 Å². The number of aryl methyl sites for hydroxylation is 4. The smallest absolute Gasteiger partial charge is 0.234 e. The summed E-state index contributed by atoms with van der Waals surface area (Å²) in [5.74, 6) is 0.172. The summed E-state index contributed by atoms with van der Waals surface area (Å²) in [6, 6.07) is 14.4.